The zero-order chi connectivity index (χ0) is 13.8. The van der Waals surface area contributed by atoms with Crippen molar-refractivity contribution in [2.24, 2.45) is 11.3 Å². The predicted molar refractivity (Wildman–Crippen MR) is 81.0 cm³/mol. The van der Waals surface area contributed by atoms with E-state index >= 15 is 0 Å². The van der Waals surface area contributed by atoms with Crippen molar-refractivity contribution in [3.63, 3.8) is 0 Å². The minimum absolute atomic E-state index is 0.229. The summed E-state index contributed by atoms with van der Waals surface area (Å²) in [6.07, 6.45) is 4.17. The van der Waals surface area contributed by atoms with Crippen molar-refractivity contribution >= 4 is 0 Å². The molecule has 1 aliphatic rings. The van der Waals surface area contributed by atoms with Crippen LogP contribution >= 0.6 is 0 Å². The molecule has 1 N–H and O–H groups in total. The average molecular weight is 254 g/mol. The summed E-state index contributed by atoms with van der Waals surface area (Å²) in [6.45, 7) is 18.8. The van der Waals surface area contributed by atoms with Crippen LogP contribution < -0.4 is 5.32 Å². The van der Waals surface area contributed by atoms with Crippen LogP contribution in [0.3, 0.4) is 0 Å². The smallest absolute Gasteiger partial charge is 0.00967 e. The highest BCUT2D eigenvalue weighted by atomic mass is 15.2. The van der Waals surface area contributed by atoms with Gasteiger partial charge in [-0.05, 0) is 51.5 Å². The minimum atomic E-state index is 0.229. The molecule has 1 rings (SSSR count). The maximum absolute atomic E-state index is 3.65. The summed E-state index contributed by atoms with van der Waals surface area (Å²) in [7, 11) is 0. The van der Waals surface area contributed by atoms with E-state index in [2.05, 4.69) is 51.8 Å². The molecule has 0 aromatic heterocycles. The summed E-state index contributed by atoms with van der Waals surface area (Å²) in [6, 6.07) is 0. The second-order valence-corrected chi connectivity index (χ2v) is 7.95. The van der Waals surface area contributed by atoms with Crippen molar-refractivity contribution in [3.05, 3.63) is 0 Å². The summed E-state index contributed by atoms with van der Waals surface area (Å²) in [5, 5.41) is 3.65. The van der Waals surface area contributed by atoms with E-state index in [9.17, 15) is 0 Å². The Bertz CT molecular complexity index is 240. The first-order valence-corrected chi connectivity index (χ1v) is 7.69. The predicted octanol–water partition coefficient (Wildman–Crippen LogP) is 3.52. The SMILES string of the molecule is CCCC1CCN(CC(C)(C)CNC(C)(C)C)C1. The fraction of sp³-hybridized carbons (Fsp3) is 1.00. The molecule has 0 spiro atoms. The van der Waals surface area contributed by atoms with E-state index < -0.39 is 0 Å². The number of likely N-dealkylation sites (tertiary alicyclic amines) is 1. The van der Waals surface area contributed by atoms with E-state index in [-0.39, 0.29) is 5.54 Å². The van der Waals surface area contributed by atoms with E-state index in [0.717, 1.165) is 12.5 Å². The molecule has 0 bridgehead atoms. The zero-order valence-electron chi connectivity index (χ0n) is 13.5. The Hall–Kier alpha value is -0.0800. The van der Waals surface area contributed by atoms with Crippen LogP contribution in [0.5, 0.6) is 0 Å². The maximum Gasteiger partial charge on any atom is 0.00967 e. The molecule has 1 heterocycles. The van der Waals surface area contributed by atoms with Crippen molar-refractivity contribution in [3.8, 4) is 0 Å². The van der Waals surface area contributed by atoms with Gasteiger partial charge in [0.1, 0.15) is 0 Å². The number of hydrogen-bond acceptors (Lipinski definition) is 2. The molecule has 18 heavy (non-hydrogen) atoms. The molecule has 1 saturated heterocycles. The van der Waals surface area contributed by atoms with Gasteiger partial charge >= 0.3 is 0 Å². The third kappa shape index (κ3) is 6.19. The van der Waals surface area contributed by atoms with E-state index in [0.29, 0.717) is 5.41 Å². The number of hydrogen-bond donors (Lipinski definition) is 1. The van der Waals surface area contributed by atoms with Crippen LogP contribution in [0.25, 0.3) is 0 Å². The fourth-order valence-corrected chi connectivity index (χ4v) is 2.87. The lowest BCUT2D eigenvalue weighted by atomic mass is 9.91. The first-order valence-electron chi connectivity index (χ1n) is 7.69. The van der Waals surface area contributed by atoms with Crippen molar-refractivity contribution in [2.75, 3.05) is 26.2 Å². The molecule has 1 aliphatic heterocycles. The Morgan fingerprint density at radius 1 is 1.17 bits per heavy atom. The van der Waals surface area contributed by atoms with Gasteiger partial charge in [-0.15, -0.1) is 0 Å². The van der Waals surface area contributed by atoms with Gasteiger partial charge in [-0.25, -0.2) is 0 Å². The van der Waals surface area contributed by atoms with Gasteiger partial charge in [-0.1, -0.05) is 27.2 Å². The van der Waals surface area contributed by atoms with Crippen molar-refractivity contribution in [1.82, 2.24) is 10.2 Å². The molecule has 0 saturated carbocycles. The molecule has 0 aliphatic carbocycles. The van der Waals surface area contributed by atoms with Gasteiger partial charge in [0.2, 0.25) is 0 Å². The molecule has 0 amide bonds. The largest absolute Gasteiger partial charge is 0.311 e. The number of nitrogens with one attached hydrogen (secondary N) is 1. The Kier molecular flexibility index (Phi) is 5.67. The first-order chi connectivity index (χ1) is 8.22. The van der Waals surface area contributed by atoms with Gasteiger partial charge in [0, 0.05) is 25.2 Å². The van der Waals surface area contributed by atoms with E-state index in [1.807, 2.05) is 0 Å². The lowest BCUT2D eigenvalue weighted by Gasteiger charge is -2.33. The monoisotopic (exact) mass is 254 g/mol. The van der Waals surface area contributed by atoms with Crippen molar-refractivity contribution in [2.45, 2.75) is 66.3 Å². The highest BCUT2D eigenvalue weighted by Gasteiger charge is 2.28. The van der Waals surface area contributed by atoms with Gasteiger partial charge in [0.05, 0.1) is 0 Å². The number of rotatable bonds is 6. The van der Waals surface area contributed by atoms with Gasteiger partial charge in [-0.3, -0.25) is 0 Å². The van der Waals surface area contributed by atoms with Crippen LogP contribution in [0, 0.1) is 11.3 Å². The Labute approximate surface area is 115 Å². The summed E-state index contributed by atoms with van der Waals surface area (Å²) < 4.78 is 0. The molecule has 108 valence electrons. The molecule has 1 fully saturated rings. The Morgan fingerprint density at radius 3 is 2.39 bits per heavy atom. The number of nitrogens with zero attached hydrogens (tertiary/aromatic N) is 1. The summed E-state index contributed by atoms with van der Waals surface area (Å²) in [4.78, 5) is 2.67. The third-order valence-electron chi connectivity index (χ3n) is 3.82. The first kappa shape index (κ1) is 16.0. The fourth-order valence-electron chi connectivity index (χ4n) is 2.87. The molecule has 2 nitrogen and oxygen atoms in total. The molecular weight excluding hydrogens is 220 g/mol. The molecular formula is C16H34N2. The van der Waals surface area contributed by atoms with Crippen LogP contribution in [0.15, 0.2) is 0 Å². The van der Waals surface area contributed by atoms with Crippen molar-refractivity contribution < 1.29 is 0 Å². The Morgan fingerprint density at radius 2 is 1.83 bits per heavy atom. The van der Waals surface area contributed by atoms with Crippen molar-refractivity contribution in [1.29, 1.82) is 0 Å². The molecule has 0 radical (unpaired) electrons. The van der Waals surface area contributed by atoms with E-state index in [1.165, 1.54) is 38.9 Å². The van der Waals surface area contributed by atoms with Gasteiger partial charge < -0.3 is 10.2 Å². The second-order valence-electron chi connectivity index (χ2n) is 7.95. The topological polar surface area (TPSA) is 15.3 Å². The second kappa shape index (κ2) is 6.38. The molecule has 2 heteroatoms. The van der Waals surface area contributed by atoms with Crippen LogP contribution in [0.2, 0.25) is 0 Å². The summed E-state index contributed by atoms with van der Waals surface area (Å²) in [5.74, 6) is 0.960. The van der Waals surface area contributed by atoms with Crippen LogP contribution in [-0.4, -0.2) is 36.6 Å². The molecule has 1 atom stereocenters. The third-order valence-corrected chi connectivity index (χ3v) is 3.82. The lowest BCUT2D eigenvalue weighted by Crippen LogP contribution is -2.46. The van der Waals surface area contributed by atoms with Crippen LogP contribution in [0.1, 0.15) is 60.8 Å². The van der Waals surface area contributed by atoms with Crippen LogP contribution in [-0.2, 0) is 0 Å². The molecule has 0 aromatic rings. The molecule has 0 aromatic carbocycles. The highest BCUT2D eigenvalue weighted by Crippen LogP contribution is 2.25. The van der Waals surface area contributed by atoms with E-state index in [4.69, 9.17) is 0 Å². The summed E-state index contributed by atoms with van der Waals surface area (Å²) >= 11 is 0. The van der Waals surface area contributed by atoms with Gasteiger partial charge in [0.15, 0.2) is 0 Å². The zero-order valence-corrected chi connectivity index (χ0v) is 13.5. The Balaban J connectivity index is 2.32. The lowest BCUT2D eigenvalue weighted by molar-refractivity contribution is 0.186. The molecule has 1 unspecified atom stereocenters. The standard InChI is InChI=1S/C16H34N2/c1-7-8-14-9-10-18(11-14)13-16(5,6)12-17-15(2,3)4/h14,17H,7-13H2,1-6H3. The summed E-state index contributed by atoms with van der Waals surface area (Å²) in [5.41, 5.74) is 0.599. The quantitative estimate of drug-likeness (QED) is 0.780. The highest BCUT2D eigenvalue weighted by molar-refractivity contribution is 4.84. The van der Waals surface area contributed by atoms with E-state index in [1.54, 1.807) is 0 Å². The van der Waals surface area contributed by atoms with Gasteiger partial charge in [0.25, 0.3) is 0 Å². The maximum atomic E-state index is 3.65. The average Bonchev–Trinajstić information content (AvgIpc) is 2.62. The normalized spacial score (nSPS) is 22.7. The van der Waals surface area contributed by atoms with Gasteiger partial charge in [-0.2, -0.15) is 0 Å². The minimum Gasteiger partial charge on any atom is -0.311 e. The van der Waals surface area contributed by atoms with Crippen LogP contribution in [0.4, 0.5) is 0 Å².